The number of aromatic carboxylic acids is 1. The van der Waals surface area contributed by atoms with E-state index in [1.54, 1.807) is 6.07 Å². The van der Waals surface area contributed by atoms with Gasteiger partial charge in [0.25, 0.3) is 0 Å². The predicted molar refractivity (Wildman–Crippen MR) is 71.5 cm³/mol. The average molecular weight is 295 g/mol. The first-order valence-corrected chi connectivity index (χ1v) is 6.08. The van der Waals surface area contributed by atoms with Gasteiger partial charge in [-0.2, -0.15) is 0 Å². The quantitative estimate of drug-likeness (QED) is 0.912. The Labute approximate surface area is 120 Å². The van der Waals surface area contributed by atoms with E-state index in [0.717, 1.165) is 0 Å². The Morgan fingerprint density at radius 1 is 1.33 bits per heavy atom. The molecule has 1 unspecified atom stereocenters. The summed E-state index contributed by atoms with van der Waals surface area (Å²) in [6.07, 6.45) is -1.30. The molecule has 0 fully saturated rings. The second kappa shape index (κ2) is 5.82. The van der Waals surface area contributed by atoms with Crippen molar-refractivity contribution >= 4 is 5.97 Å². The van der Waals surface area contributed by atoms with Crippen LogP contribution in [0.1, 0.15) is 29.1 Å². The third-order valence-electron chi connectivity index (χ3n) is 2.95. The Kier molecular flexibility index (Phi) is 4.11. The lowest BCUT2D eigenvalue weighted by molar-refractivity contribution is 0.0686. The molecule has 0 saturated heterocycles. The summed E-state index contributed by atoms with van der Waals surface area (Å²) in [5.41, 5.74) is 0.502. The minimum atomic E-state index is -1.30. The molecule has 112 valence electrons. The summed E-state index contributed by atoms with van der Waals surface area (Å²) in [5.74, 6) is -0.392. The lowest BCUT2D eigenvalue weighted by Crippen LogP contribution is -1.98. The molecule has 0 aliphatic rings. The van der Waals surface area contributed by atoms with Gasteiger partial charge in [-0.1, -0.05) is 5.16 Å². The number of alkyl halides is 1. The third kappa shape index (κ3) is 2.81. The topological polar surface area (TPSA) is 81.8 Å². The van der Waals surface area contributed by atoms with E-state index in [4.69, 9.17) is 19.1 Å². The molecule has 2 aromatic rings. The molecule has 2 rings (SSSR count). The molecule has 6 nitrogen and oxygen atoms in total. The maximum Gasteiger partial charge on any atom is 0.358 e. The van der Waals surface area contributed by atoms with Crippen molar-refractivity contribution in [1.82, 2.24) is 5.16 Å². The number of rotatable bonds is 5. The predicted octanol–water partition coefficient (Wildman–Crippen LogP) is 3.09. The van der Waals surface area contributed by atoms with E-state index in [2.05, 4.69) is 5.16 Å². The number of ether oxygens (including phenoxy) is 2. The van der Waals surface area contributed by atoms with E-state index < -0.39 is 12.1 Å². The molecule has 1 aromatic carbocycles. The van der Waals surface area contributed by atoms with E-state index in [1.165, 1.54) is 33.3 Å². The van der Waals surface area contributed by atoms with Crippen LogP contribution in [0.15, 0.2) is 22.7 Å². The Morgan fingerprint density at radius 2 is 2.05 bits per heavy atom. The molecule has 0 aliphatic heterocycles. The summed E-state index contributed by atoms with van der Waals surface area (Å²) in [5, 5.41) is 12.3. The van der Waals surface area contributed by atoms with Gasteiger partial charge in [0.15, 0.2) is 23.0 Å². The van der Waals surface area contributed by atoms with Crippen LogP contribution in [0.3, 0.4) is 0 Å². The summed E-state index contributed by atoms with van der Waals surface area (Å²) < 4.78 is 29.1. The van der Waals surface area contributed by atoms with Gasteiger partial charge in [-0.3, -0.25) is 0 Å². The van der Waals surface area contributed by atoms with E-state index in [-0.39, 0.29) is 22.8 Å². The largest absolute Gasteiger partial charge is 0.493 e. The van der Waals surface area contributed by atoms with Crippen LogP contribution in [0.4, 0.5) is 4.39 Å². The lowest BCUT2D eigenvalue weighted by Gasteiger charge is -2.15. The molecular formula is C14H14FNO5. The Balaban J connectivity index is 2.58. The molecule has 1 aromatic heterocycles. The molecule has 1 N–H and O–H groups in total. The van der Waals surface area contributed by atoms with Crippen molar-refractivity contribution in [2.45, 2.75) is 13.1 Å². The first-order valence-electron chi connectivity index (χ1n) is 6.08. The zero-order chi connectivity index (χ0) is 15.6. The molecule has 21 heavy (non-hydrogen) atoms. The van der Waals surface area contributed by atoms with Gasteiger partial charge >= 0.3 is 5.97 Å². The van der Waals surface area contributed by atoms with Gasteiger partial charge in [-0.15, -0.1) is 0 Å². The van der Waals surface area contributed by atoms with Gasteiger partial charge in [-0.05, 0) is 19.1 Å². The number of hydrogen-bond acceptors (Lipinski definition) is 5. The van der Waals surface area contributed by atoms with Crippen LogP contribution in [0.5, 0.6) is 11.5 Å². The number of aromatic nitrogens is 1. The molecule has 1 heterocycles. The molecule has 0 bridgehead atoms. The fourth-order valence-corrected chi connectivity index (χ4v) is 1.94. The normalized spacial score (nSPS) is 12.0. The van der Waals surface area contributed by atoms with Crippen LogP contribution in [0.2, 0.25) is 0 Å². The maximum absolute atomic E-state index is 13.8. The highest BCUT2D eigenvalue weighted by atomic mass is 19.1. The summed E-state index contributed by atoms with van der Waals surface area (Å²) in [6.45, 7) is 1.37. The SMILES string of the molecule is COc1cc(-c2cc(C(=O)O)no2)cc(C(C)F)c1OC. The molecule has 7 heteroatoms. The molecular weight excluding hydrogens is 281 g/mol. The van der Waals surface area contributed by atoms with Crippen molar-refractivity contribution < 1.29 is 28.3 Å². The number of carbonyl (C=O) groups is 1. The fraction of sp³-hybridized carbons (Fsp3) is 0.286. The van der Waals surface area contributed by atoms with E-state index in [0.29, 0.717) is 11.3 Å². The lowest BCUT2D eigenvalue weighted by atomic mass is 10.0. The van der Waals surface area contributed by atoms with Crippen LogP contribution >= 0.6 is 0 Å². The van der Waals surface area contributed by atoms with E-state index in [9.17, 15) is 9.18 Å². The van der Waals surface area contributed by atoms with Gasteiger partial charge in [0.2, 0.25) is 0 Å². The van der Waals surface area contributed by atoms with Gasteiger partial charge in [0, 0.05) is 17.2 Å². The van der Waals surface area contributed by atoms with Gasteiger partial charge in [0.05, 0.1) is 14.2 Å². The second-order valence-electron chi connectivity index (χ2n) is 4.30. The number of hydrogen-bond donors (Lipinski definition) is 1. The summed E-state index contributed by atoms with van der Waals surface area (Å²) >= 11 is 0. The zero-order valence-corrected chi connectivity index (χ0v) is 11.7. The number of methoxy groups -OCH3 is 2. The molecule has 0 saturated carbocycles. The first kappa shape index (κ1) is 14.8. The van der Waals surface area contributed by atoms with Crippen molar-refractivity contribution in [3.63, 3.8) is 0 Å². The van der Waals surface area contributed by atoms with Crippen molar-refractivity contribution in [3.05, 3.63) is 29.5 Å². The number of carboxylic acid groups (broad SMARTS) is 1. The number of halogens is 1. The zero-order valence-electron chi connectivity index (χ0n) is 11.7. The molecule has 0 radical (unpaired) electrons. The Morgan fingerprint density at radius 3 is 2.52 bits per heavy atom. The van der Waals surface area contributed by atoms with Crippen molar-refractivity contribution in [3.8, 4) is 22.8 Å². The monoisotopic (exact) mass is 295 g/mol. The van der Waals surface area contributed by atoms with Crippen LogP contribution in [-0.4, -0.2) is 30.5 Å². The van der Waals surface area contributed by atoms with E-state index in [1.807, 2.05) is 0 Å². The number of nitrogens with zero attached hydrogens (tertiary/aromatic N) is 1. The highest BCUT2D eigenvalue weighted by Crippen LogP contribution is 2.40. The van der Waals surface area contributed by atoms with Crippen LogP contribution in [0.25, 0.3) is 11.3 Å². The fourth-order valence-electron chi connectivity index (χ4n) is 1.94. The second-order valence-corrected chi connectivity index (χ2v) is 4.30. The Bertz CT molecular complexity index is 665. The summed E-state index contributed by atoms with van der Waals surface area (Å²) in [4.78, 5) is 10.8. The van der Waals surface area contributed by atoms with Gasteiger partial charge in [0.1, 0.15) is 6.17 Å². The maximum atomic E-state index is 13.8. The van der Waals surface area contributed by atoms with Crippen molar-refractivity contribution in [1.29, 1.82) is 0 Å². The first-order chi connectivity index (χ1) is 9.97. The minimum absolute atomic E-state index is 0.204. The van der Waals surface area contributed by atoms with Crippen molar-refractivity contribution in [2.75, 3.05) is 14.2 Å². The Hall–Kier alpha value is -2.57. The molecule has 0 spiro atoms. The van der Waals surface area contributed by atoms with Crippen LogP contribution in [-0.2, 0) is 0 Å². The number of benzene rings is 1. The standard InChI is InChI=1S/C14H14FNO5/c1-7(15)9-4-8(5-12(19-2)13(9)20-3)11-6-10(14(17)18)16-21-11/h4-7H,1-3H3,(H,17,18). The highest BCUT2D eigenvalue weighted by molar-refractivity contribution is 5.86. The highest BCUT2D eigenvalue weighted by Gasteiger charge is 2.20. The molecule has 0 amide bonds. The van der Waals surface area contributed by atoms with Crippen molar-refractivity contribution in [2.24, 2.45) is 0 Å². The average Bonchev–Trinajstić information content (AvgIpc) is 2.95. The van der Waals surface area contributed by atoms with Gasteiger partial charge < -0.3 is 19.1 Å². The third-order valence-corrected chi connectivity index (χ3v) is 2.95. The van der Waals surface area contributed by atoms with Crippen LogP contribution in [0, 0.1) is 0 Å². The summed E-state index contributed by atoms with van der Waals surface area (Å²) in [7, 11) is 2.85. The summed E-state index contributed by atoms with van der Waals surface area (Å²) in [6, 6.07) is 4.34. The van der Waals surface area contributed by atoms with E-state index >= 15 is 0 Å². The molecule has 0 aliphatic carbocycles. The molecule has 1 atom stereocenters. The number of carboxylic acids is 1. The van der Waals surface area contributed by atoms with Crippen LogP contribution < -0.4 is 9.47 Å². The minimum Gasteiger partial charge on any atom is -0.493 e. The van der Waals surface area contributed by atoms with Gasteiger partial charge in [-0.25, -0.2) is 9.18 Å². The smallest absolute Gasteiger partial charge is 0.358 e.